The minimum absolute atomic E-state index is 0.196. The molecule has 0 unspecified atom stereocenters. The highest BCUT2D eigenvalue weighted by atomic mass is 35.5. The summed E-state index contributed by atoms with van der Waals surface area (Å²) in [6, 6.07) is 16.1. The summed E-state index contributed by atoms with van der Waals surface area (Å²) < 4.78 is 11.9. The lowest BCUT2D eigenvalue weighted by Gasteiger charge is -2.30. The summed E-state index contributed by atoms with van der Waals surface area (Å²) in [5.41, 5.74) is 3.22. The van der Waals surface area contributed by atoms with E-state index in [1.54, 1.807) is 23.1 Å². The van der Waals surface area contributed by atoms with Crippen molar-refractivity contribution < 1.29 is 9.47 Å². The number of rotatable bonds is 8. The van der Waals surface area contributed by atoms with Crippen molar-refractivity contribution in [2.24, 2.45) is 0 Å². The topological polar surface area (TPSA) is 44.2 Å². The van der Waals surface area contributed by atoms with Gasteiger partial charge in [-0.15, -0.1) is 23.1 Å². The van der Waals surface area contributed by atoms with Gasteiger partial charge in [-0.2, -0.15) is 0 Å². The van der Waals surface area contributed by atoms with Crippen LogP contribution in [0.2, 0.25) is 5.02 Å². The lowest BCUT2D eigenvalue weighted by Crippen LogP contribution is -2.31. The Bertz CT molecular complexity index is 1340. The lowest BCUT2D eigenvalue weighted by atomic mass is 9.94. The highest BCUT2D eigenvalue weighted by molar-refractivity contribution is 7.98. The molecule has 0 amide bonds. The first-order chi connectivity index (χ1) is 16.9. The molecule has 0 saturated carbocycles. The van der Waals surface area contributed by atoms with Gasteiger partial charge in [0.05, 0.1) is 18.8 Å². The van der Waals surface area contributed by atoms with Gasteiger partial charge in [-0.05, 0) is 61.7 Å². The molecule has 0 atom stereocenters. The molecule has 4 aromatic rings. The van der Waals surface area contributed by atoms with Crippen molar-refractivity contribution in [2.45, 2.75) is 63.0 Å². The highest BCUT2D eigenvalue weighted by Gasteiger charge is 2.31. The van der Waals surface area contributed by atoms with Crippen molar-refractivity contribution in [1.82, 2.24) is 9.97 Å². The Kier molecular flexibility index (Phi) is 7.35. The zero-order valence-electron chi connectivity index (χ0n) is 20.3. The molecule has 1 aliphatic heterocycles. The summed E-state index contributed by atoms with van der Waals surface area (Å²) in [6.07, 6.45) is 3.03. The van der Waals surface area contributed by atoms with Crippen LogP contribution in [-0.2, 0) is 23.5 Å². The first kappa shape index (κ1) is 24.6. The number of nitrogens with zero attached hydrogens (tertiary/aromatic N) is 2. The van der Waals surface area contributed by atoms with Gasteiger partial charge in [0.2, 0.25) is 0 Å². The maximum absolute atomic E-state index is 6.46. The van der Waals surface area contributed by atoms with Gasteiger partial charge in [-0.3, -0.25) is 0 Å². The summed E-state index contributed by atoms with van der Waals surface area (Å²) in [5.74, 6) is 2.36. The van der Waals surface area contributed by atoms with Gasteiger partial charge in [0.1, 0.15) is 15.6 Å². The normalized spacial score (nSPS) is 14.7. The van der Waals surface area contributed by atoms with Crippen LogP contribution in [0.1, 0.15) is 49.6 Å². The molecule has 0 spiro atoms. The number of thioether (sulfide) groups is 1. The van der Waals surface area contributed by atoms with Crippen LogP contribution >= 0.6 is 34.7 Å². The molecule has 0 N–H and O–H groups in total. The van der Waals surface area contributed by atoms with Gasteiger partial charge in [-0.1, -0.05) is 43.1 Å². The van der Waals surface area contributed by atoms with E-state index < -0.39 is 0 Å². The summed E-state index contributed by atoms with van der Waals surface area (Å²) in [4.78, 5) is 12.4. The number of hydrogen-bond acceptors (Lipinski definition) is 6. The van der Waals surface area contributed by atoms with Crippen molar-refractivity contribution in [2.75, 3.05) is 6.61 Å². The SMILES string of the molecule is CCCCOc1ccc(-c2nc(SCc3ccccc3Cl)c3c4c(sc3n2)COC(C)(C)C4)cc1. The third kappa shape index (κ3) is 5.51. The third-order valence-corrected chi connectivity index (χ3v) is 8.59. The molecule has 3 heterocycles. The van der Waals surface area contributed by atoms with E-state index in [2.05, 4.69) is 26.8 Å². The maximum Gasteiger partial charge on any atom is 0.162 e. The predicted molar refractivity (Wildman–Crippen MR) is 147 cm³/mol. The molecule has 0 bridgehead atoms. The fourth-order valence-corrected chi connectivity index (χ4v) is 6.65. The molecule has 4 nitrogen and oxygen atoms in total. The van der Waals surface area contributed by atoms with Crippen LogP contribution in [0.4, 0.5) is 0 Å². The van der Waals surface area contributed by atoms with E-state index in [4.69, 9.17) is 31.0 Å². The van der Waals surface area contributed by atoms with Crippen molar-refractivity contribution in [3.63, 3.8) is 0 Å². The highest BCUT2D eigenvalue weighted by Crippen LogP contribution is 2.43. The maximum atomic E-state index is 6.46. The van der Waals surface area contributed by atoms with Crippen LogP contribution in [0.3, 0.4) is 0 Å². The van der Waals surface area contributed by atoms with E-state index in [0.717, 1.165) is 69.2 Å². The van der Waals surface area contributed by atoms with Crippen LogP contribution in [-0.4, -0.2) is 22.2 Å². The smallest absolute Gasteiger partial charge is 0.162 e. The molecular weight excluding hydrogens is 496 g/mol. The van der Waals surface area contributed by atoms with Gasteiger partial charge in [0.25, 0.3) is 0 Å². The predicted octanol–water partition coefficient (Wildman–Crippen LogP) is 8.33. The van der Waals surface area contributed by atoms with Crippen molar-refractivity contribution in [3.05, 3.63) is 69.6 Å². The average Bonchev–Trinajstić information content (AvgIpc) is 3.21. The van der Waals surface area contributed by atoms with E-state index in [9.17, 15) is 0 Å². The number of fused-ring (bicyclic) bond motifs is 3. The molecule has 0 aliphatic carbocycles. The third-order valence-electron chi connectivity index (χ3n) is 6.10. The second kappa shape index (κ2) is 10.5. The molecule has 2 aromatic heterocycles. The molecular formula is C28H29ClN2O2S2. The van der Waals surface area contributed by atoms with Crippen LogP contribution in [0.5, 0.6) is 5.75 Å². The van der Waals surface area contributed by atoms with Crippen LogP contribution in [0, 0.1) is 0 Å². The Morgan fingerprint density at radius 3 is 2.69 bits per heavy atom. The molecule has 0 radical (unpaired) electrons. The number of aromatic nitrogens is 2. The number of ether oxygens (including phenoxy) is 2. The fraction of sp³-hybridized carbons (Fsp3) is 0.357. The van der Waals surface area contributed by atoms with E-state index in [1.165, 1.54) is 15.8 Å². The van der Waals surface area contributed by atoms with Crippen LogP contribution in [0.25, 0.3) is 21.6 Å². The number of thiophene rings is 1. The molecule has 2 aromatic carbocycles. The summed E-state index contributed by atoms with van der Waals surface area (Å²) in [7, 11) is 0. The molecule has 7 heteroatoms. The van der Waals surface area contributed by atoms with Gasteiger partial charge < -0.3 is 9.47 Å². The second-order valence-electron chi connectivity index (χ2n) is 9.37. The first-order valence-corrected chi connectivity index (χ1v) is 14.2. The van der Waals surface area contributed by atoms with Gasteiger partial charge in [0, 0.05) is 33.0 Å². The standard InChI is InChI=1S/C28H29ClN2O2S2/c1-4-5-14-32-20-12-10-18(11-13-20)25-30-26(34-17-19-8-6-7-9-22(19)29)24-21-15-28(2,3)33-16-23(21)35-27(24)31-25/h6-13H,4-5,14-17H2,1-3H3. The number of halogens is 1. The quantitative estimate of drug-likeness (QED) is 0.132. The van der Waals surface area contributed by atoms with E-state index >= 15 is 0 Å². The van der Waals surface area contributed by atoms with E-state index in [1.807, 2.05) is 42.5 Å². The Hall–Kier alpha value is -2.12. The summed E-state index contributed by atoms with van der Waals surface area (Å²) >= 11 is 9.91. The Morgan fingerprint density at radius 2 is 1.91 bits per heavy atom. The Balaban J connectivity index is 1.53. The zero-order valence-corrected chi connectivity index (χ0v) is 22.7. The number of hydrogen-bond donors (Lipinski definition) is 0. The molecule has 0 fully saturated rings. The molecule has 35 heavy (non-hydrogen) atoms. The zero-order chi connectivity index (χ0) is 24.4. The van der Waals surface area contributed by atoms with Crippen molar-refractivity contribution in [3.8, 4) is 17.1 Å². The van der Waals surface area contributed by atoms with Gasteiger partial charge >= 0.3 is 0 Å². The Labute approximate surface area is 220 Å². The largest absolute Gasteiger partial charge is 0.494 e. The Morgan fingerprint density at radius 1 is 1.11 bits per heavy atom. The lowest BCUT2D eigenvalue weighted by molar-refractivity contribution is -0.0379. The number of benzene rings is 2. The molecule has 182 valence electrons. The van der Waals surface area contributed by atoms with Crippen LogP contribution < -0.4 is 4.74 Å². The first-order valence-electron chi connectivity index (χ1n) is 12.0. The molecule has 0 saturated heterocycles. The van der Waals surface area contributed by atoms with E-state index in [0.29, 0.717) is 6.61 Å². The molecule has 1 aliphatic rings. The molecule has 5 rings (SSSR count). The minimum atomic E-state index is -0.196. The average molecular weight is 525 g/mol. The second-order valence-corrected chi connectivity index (χ2v) is 11.8. The van der Waals surface area contributed by atoms with Crippen LogP contribution in [0.15, 0.2) is 53.6 Å². The van der Waals surface area contributed by atoms with E-state index in [-0.39, 0.29) is 5.60 Å². The minimum Gasteiger partial charge on any atom is -0.494 e. The van der Waals surface area contributed by atoms with Crippen molar-refractivity contribution in [1.29, 1.82) is 0 Å². The number of unbranched alkanes of at least 4 members (excludes halogenated alkanes) is 1. The summed E-state index contributed by atoms with van der Waals surface area (Å²) in [6.45, 7) is 7.82. The summed E-state index contributed by atoms with van der Waals surface area (Å²) in [5, 5.41) is 2.95. The van der Waals surface area contributed by atoms with Gasteiger partial charge in [0.15, 0.2) is 5.82 Å². The fourth-order valence-electron chi connectivity index (χ4n) is 4.14. The monoisotopic (exact) mass is 524 g/mol. The van der Waals surface area contributed by atoms with Gasteiger partial charge in [-0.25, -0.2) is 9.97 Å². The van der Waals surface area contributed by atoms with Crippen molar-refractivity contribution >= 4 is 44.9 Å².